The Labute approximate surface area is 192 Å². The first-order valence-electron chi connectivity index (χ1n) is 11.8. The standard InChI is InChI=1S/C23H29F6NO4/c1-11-5-7-12(8-6-11)20(9-10-20)18-17(31)15(19(32)33)13-3-2-4-14(16(13)30-18)21(34,22(24,25)26)23(27,28)29/h11-14,16,31,34H,2-10H2,1H3,(H,32,33). The zero-order valence-electron chi connectivity index (χ0n) is 18.7. The van der Waals surface area contributed by atoms with Gasteiger partial charge in [-0.25, -0.2) is 4.79 Å². The molecule has 3 fully saturated rings. The second-order valence-electron chi connectivity index (χ2n) is 10.6. The molecule has 3 aliphatic carbocycles. The highest BCUT2D eigenvalue weighted by Crippen LogP contribution is 2.61. The van der Waals surface area contributed by atoms with E-state index < -0.39 is 65.0 Å². The van der Waals surface area contributed by atoms with Gasteiger partial charge in [-0.2, -0.15) is 26.3 Å². The molecule has 0 amide bonds. The predicted octanol–water partition coefficient (Wildman–Crippen LogP) is 5.58. The number of carboxylic acid groups (broad SMARTS) is 1. The number of halogens is 6. The Balaban J connectivity index is 1.83. The minimum Gasteiger partial charge on any atom is -0.505 e. The van der Waals surface area contributed by atoms with Gasteiger partial charge >= 0.3 is 18.3 Å². The van der Waals surface area contributed by atoms with E-state index in [0.717, 1.165) is 25.7 Å². The SMILES string of the molecule is CC1CCC(C2(C3=NC4C(CCCC4C(O)(C(F)(F)F)C(F)(F)F)C(C(=O)O)=C3O)CC2)CC1. The van der Waals surface area contributed by atoms with Gasteiger partial charge in [0, 0.05) is 17.3 Å². The summed E-state index contributed by atoms with van der Waals surface area (Å²) in [5, 5.41) is 31.0. The fourth-order valence-corrected chi connectivity index (χ4v) is 6.64. The number of alkyl halides is 6. The van der Waals surface area contributed by atoms with Crippen LogP contribution in [0.4, 0.5) is 26.3 Å². The summed E-state index contributed by atoms with van der Waals surface area (Å²) in [6, 6.07) is -1.75. The molecule has 3 saturated carbocycles. The van der Waals surface area contributed by atoms with Crippen molar-refractivity contribution in [2.45, 2.75) is 88.7 Å². The van der Waals surface area contributed by atoms with Crippen LogP contribution in [0.2, 0.25) is 0 Å². The molecule has 11 heteroatoms. The van der Waals surface area contributed by atoms with Gasteiger partial charge in [-0.1, -0.05) is 26.2 Å². The van der Waals surface area contributed by atoms with Gasteiger partial charge < -0.3 is 15.3 Å². The largest absolute Gasteiger partial charge is 0.505 e. The summed E-state index contributed by atoms with van der Waals surface area (Å²) < 4.78 is 82.5. The van der Waals surface area contributed by atoms with E-state index in [-0.39, 0.29) is 24.5 Å². The molecule has 3 atom stereocenters. The Bertz CT molecular complexity index is 882. The molecule has 1 heterocycles. The first-order chi connectivity index (χ1) is 15.6. The zero-order chi connectivity index (χ0) is 25.3. The number of carboxylic acids is 1. The summed E-state index contributed by atoms with van der Waals surface area (Å²) >= 11 is 0. The third kappa shape index (κ3) is 3.73. The molecule has 0 bridgehead atoms. The third-order valence-electron chi connectivity index (χ3n) is 8.67. The van der Waals surface area contributed by atoms with Crippen molar-refractivity contribution in [2.24, 2.45) is 34.1 Å². The average molecular weight is 497 g/mol. The van der Waals surface area contributed by atoms with Crippen molar-refractivity contribution in [1.29, 1.82) is 0 Å². The number of aliphatic hydroxyl groups is 2. The molecule has 3 N–H and O–H groups in total. The van der Waals surface area contributed by atoms with E-state index in [1.54, 1.807) is 0 Å². The van der Waals surface area contributed by atoms with E-state index in [2.05, 4.69) is 11.9 Å². The lowest BCUT2D eigenvalue weighted by atomic mass is 9.64. The molecule has 0 radical (unpaired) electrons. The van der Waals surface area contributed by atoms with Crippen LogP contribution < -0.4 is 0 Å². The molecule has 0 saturated heterocycles. The van der Waals surface area contributed by atoms with Crippen molar-refractivity contribution in [3.63, 3.8) is 0 Å². The smallest absolute Gasteiger partial charge is 0.426 e. The van der Waals surface area contributed by atoms with E-state index in [4.69, 9.17) is 0 Å². The molecule has 192 valence electrons. The first kappa shape index (κ1) is 25.3. The van der Waals surface area contributed by atoms with Gasteiger partial charge in [-0.05, 0) is 50.4 Å². The van der Waals surface area contributed by atoms with Gasteiger partial charge in [-0.3, -0.25) is 4.99 Å². The maximum atomic E-state index is 13.8. The number of rotatable bonds is 4. The molecule has 34 heavy (non-hydrogen) atoms. The lowest BCUT2D eigenvalue weighted by Gasteiger charge is -2.48. The van der Waals surface area contributed by atoms with Crippen LogP contribution in [0.3, 0.4) is 0 Å². The van der Waals surface area contributed by atoms with Gasteiger partial charge in [0.05, 0.1) is 17.3 Å². The number of hydrogen-bond donors (Lipinski definition) is 3. The fourth-order valence-electron chi connectivity index (χ4n) is 6.64. The summed E-state index contributed by atoms with van der Waals surface area (Å²) in [6.45, 7) is 2.10. The number of hydrogen-bond acceptors (Lipinski definition) is 4. The number of aliphatic imine (C=N–C) groups is 1. The van der Waals surface area contributed by atoms with E-state index in [9.17, 15) is 46.5 Å². The monoisotopic (exact) mass is 497 g/mol. The topological polar surface area (TPSA) is 90.1 Å². The normalized spacial score (nSPS) is 34.4. The van der Waals surface area contributed by atoms with Crippen LogP contribution in [0.25, 0.3) is 0 Å². The maximum Gasteiger partial charge on any atom is 0.426 e. The maximum absolute atomic E-state index is 13.8. The summed E-state index contributed by atoms with van der Waals surface area (Å²) in [5.41, 5.74) is -6.44. The molecule has 1 aliphatic heterocycles. The summed E-state index contributed by atoms with van der Waals surface area (Å²) in [6.07, 6.45) is -8.49. The molecule has 4 rings (SSSR count). The second-order valence-corrected chi connectivity index (χ2v) is 10.6. The molecule has 5 nitrogen and oxygen atoms in total. The Morgan fingerprint density at radius 1 is 0.971 bits per heavy atom. The Kier molecular flexibility index (Phi) is 6.05. The minimum absolute atomic E-state index is 0.0161. The minimum atomic E-state index is -6.03. The van der Waals surface area contributed by atoms with Crippen molar-refractivity contribution in [3.8, 4) is 0 Å². The Morgan fingerprint density at radius 2 is 1.53 bits per heavy atom. The number of aliphatic carboxylic acids is 1. The van der Waals surface area contributed by atoms with Crippen molar-refractivity contribution >= 4 is 11.7 Å². The molecule has 0 aromatic heterocycles. The highest BCUT2D eigenvalue weighted by Gasteiger charge is 2.75. The average Bonchev–Trinajstić information content (AvgIpc) is 3.52. The second kappa shape index (κ2) is 8.13. The quantitative estimate of drug-likeness (QED) is 0.442. The summed E-state index contributed by atoms with van der Waals surface area (Å²) in [4.78, 5) is 16.4. The summed E-state index contributed by atoms with van der Waals surface area (Å²) in [5.74, 6) is -5.46. The number of fused-ring (bicyclic) bond motifs is 1. The van der Waals surface area contributed by atoms with Crippen molar-refractivity contribution in [1.82, 2.24) is 0 Å². The molecule has 0 aromatic carbocycles. The van der Waals surface area contributed by atoms with Crippen LogP contribution in [0.1, 0.15) is 64.7 Å². The van der Waals surface area contributed by atoms with Crippen LogP contribution in [-0.4, -0.2) is 51.0 Å². The Morgan fingerprint density at radius 3 is 2.00 bits per heavy atom. The highest BCUT2D eigenvalue weighted by molar-refractivity contribution is 6.10. The molecular weight excluding hydrogens is 468 g/mol. The van der Waals surface area contributed by atoms with E-state index >= 15 is 0 Å². The third-order valence-corrected chi connectivity index (χ3v) is 8.67. The van der Waals surface area contributed by atoms with E-state index in [1.807, 2.05) is 0 Å². The highest BCUT2D eigenvalue weighted by atomic mass is 19.4. The molecular formula is C23H29F6NO4. The van der Waals surface area contributed by atoms with E-state index in [0.29, 0.717) is 18.8 Å². The molecule has 0 aromatic rings. The van der Waals surface area contributed by atoms with Gasteiger partial charge in [0.15, 0.2) is 0 Å². The van der Waals surface area contributed by atoms with E-state index in [1.165, 1.54) is 0 Å². The van der Waals surface area contributed by atoms with Crippen LogP contribution in [0.15, 0.2) is 16.3 Å². The number of carbonyl (C=O) groups is 1. The lowest BCUT2D eigenvalue weighted by molar-refractivity contribution is -0.388. The summed E-state index contributed by atoms with van der Waals surface area (Å²) in [7, 11) is 0. The number of aliphatic hydroxyl groups excluding tert-OH is 1. The lowest BCUT2D eigenvalue weighted by Crippen LogP contribution is -2.65. The van der Waals surface area contributed by atoms with Gasteiger partial charge in [0.2, 0.25) is 0 Å². The molecule has 0 spiro atoms. The number of nitrogens with zero attached hydrogens (tertiary/aromatic N) is 1. The van der Waals surface area contributed by atoms with Crippen LogP contribution in [0.5, 0.6) is 0 Å². The first-order valence-corrected chi connectivity index (χ1v) is 11.8. The zero-order valence-corrected chi connectivity index (χ0v) is 18.7. The van der Waals surface area contributed by atoms with Crippen LogP contribution in [0, 0.1) is 29.1 Å². The van der Waals surface area contributed by atoms with Crippen molar-refractivity contribution in [3.05, 3.63) is 11.3 Å². The van der Waals surface area contributed by atoms with Crippen LogP contribution in [-0.2, 0) is 4.79 Å². The predicted molar refractivity (Wildman–Crippen MR) is 109 cm³/mol. The number of dihydropyridines is 1. The van der Waals surface area contributed by atoms with Gasteiger partial charge in [0.1, 0.15) is 5.76 Å². The fraction of sp³-hybridized carbons (Fsp3) is 0.826. The van der Waals surface area contributed by atoms with Crippen molar-refractivity contribution < 1.29 is 46.5 Å². The molecule has 3 unspecified atom stereocenters. The molecule has 4 aliphatic rings. The van der Waals surface area contributed by atoms with Gasteiger partial charge in [0.25, 0.3) is 5.60 Å². The van der Waals surface area contributed by atoms with Crippen molar-refractivity contribution in [2.75, 3.05) is 0 Å². The number of allylic oxidation sites excluding steroid dienone is 1. The Hall–Kier alpha value is -1.78. The van der Waals surface area contributed by atoms with Crippen LogP contribution >= 0.6 is 0 Å². The van der Waals surface area contributed by atoms with Gasteiger partial charge in [-0.15, -0.1) is 0 Å².